The number of nitrogens with zero attached hydrogens (tertiary/aromatic N) is 1. The van der Waals surface area contributed by atoms with Crippen molar-refractivity contribution in [3.8, 4) is 0 Å². The van der Waals surface area contributed by atoms with E-state index in [2.05, 4.69) is 48.4 Å². The van der Waals surface area contributed by atoms with Gasteiger partial charge in [-0.3, -0.25) is 4.90 Å². The zero-order valence-corrected chi connectivity index (χ0v) is 35.6. The number of nitrogens with one attached hydrogen (secondary N) is 1. The van der Waals surface area contributed by atoms with E-state index in [4.69, 9.17) is 14.2 Å². The lowest BCUT2D eigenvalue weighted by Gasteiger charge is -2.21. The van der Waals surface area contributed by atoms with Crippen LogP contribution >= 0.6 is 0 Å². The van der Waals surface area contributed by atoms with Crippen molar-refractivity contribution in [2.75, 3.05) is 59.2 Å². The Hall–Kier alpha value is -1.41. The summed E-state index contributed by atoms with van der Waals surface area (Å²) in [6.45, 7) is 11.4. The van der Waals surface area contributed by atoms with Crippen LogP contribution in [0.3, 0.4) is 0 Å². The van der Waals surface area contributed by atoms with Gasteiger partial charge in [-0.25, -0.2) is 4.79 Å². The van der Waals surface area contributed by atoms with E-state index in [9.17, 15) is 9.90 Å². The zero-order chi connectivity index (χ0) is 38.6. The molecule has 0 heterocycles. The Morgan fingerprint density at radius 2 is 0.925 bits per heavy atom. The second-order valence-corrected chi connectivity index (χ2v) is 15.1. The van der Waals surface area contributed by atoms with Crippen LogP contribution < -0.4 is 5.32 Å². The smallest absolute Gasteiger partial charge is 0.407 e. The number of rotatable bonds is 43. The molecule has 0 bridgehead atoms. The molecule has 0 aliphatic carbocycles. The van der Waals surface area contributed by atoms with Gasteiger partial charge in [-0.05, 0) is 70.8 Å². The fourth-order valence-electron chi connectivity index (χ4n) is 6.53. The minimum absolute atomic E-state index is 0.114. The number of carbonyl (C=O) groups excluding carboxylic acids is 1. The van der Waals surface area contributed by atoms with Gasteiger partial charge in [0, 0.05) is 32.8 Å². The maximum Gasteiger partial charge on any atom is 0.407 e. The average molecular weight is 751 g/mol. The van der Waals surface area contributed by atoms with Crippen LogP contribution in [0.4, 0.5) is 4.79 Å². The lowest BCUT2D eigenvalue weighted by molar-refractivity contribution is -0.0293. The summed E-state index contributed by atoms with van der Waals surface area (Å²) >= 11 is 0. The topological polar surface area (TPSA) is 80.3 Å². The molecule has 0 saturated carbocycles. The van der Waals surface area contributed by atoms with Crippen molar-refractivity contribution < 1.29 is 24.1 Å². The molecule has 1 amide bonds. The van der Waals surface area contributed by atoms with Crippen LogP contribution in [0.15, 0.2) is 24.3 Å². The van der Waals surface area contributed by atoms with Gasteiger partial charge in [-0.15, -0.1) is 0 Å². The lowest BCUT2D eigenvalue weighted by atomic mass is 10.1. The first-order chi connectivity index (χ1) is 26.2. The Labute approximate surface area is 329 Å². The predicted molar refractivity (Wildman–Crippen MR) is 228 cm³/mol. The highest BCUT2D eigenvalue weighted by atomic mass is 16.6. The number of hydrogen-bond donors (Lipinski definition) is 2. The summed E-state index contributed by atoms with van der Waals surface area (Å²) in [7, 11) is 0. The number of alkyl carbamates (subject to hydrolysis) is 1. The summed E-state index contributed by atoms with van der Waals surface area (Å²) in [6, 6.07) is 0. The maximum atomic E-state index is 12.5. The number of carbonyl (C=O) groups is 1. The molecule has 0 fully saturated rings. The molecule has 0 atom stereocenters. The maximum absolute atomic E-state index is 12.5. The van der Waals surface area contributed by atoms with E-state index in [0.717, 1.165) is 19.4 Å². The fraction of sp³-hybridized carbons (Fsp3) is 0.891. The Kier molecular flexibility index (Phi) is 43.8. The molecule has 0 rings (SSSR count). The van der Waals surface area contributed by atoms with E-state index >= 15 is 0 Å². The van der Waals surface area contributed by atoms with Crippen LogP contribution in [-0.2, 0) is 14.2 Å². The van der Waals surface area contributed by atoms with E-state index in [0.29, 0.717) is 46.1 Å². The number of ether oxygens (including phenoxy) is 3. The zero-order valence-electron chi connectivity index (χ0n) is 35.6. The van der Waals surface area contributed by atoms with Crippen molar-refractivity contribution in [1.82, 2.24) is 10.2 Å². The molecule has 0 radical (unpaired) electrons. The first kappa shape index (κ1) is 51.6. The fourth-order valence-corrected chi connectivity index (χ4v) is 6.53. The predicted octanol–water partition coefficient (Wildman–Crippen LogP) is 12.5. The monoisotopic (exact) mass is 751 g/mol. The van der Waals surface area contributed by atoms with Gasteiger partial charge in [0.1, 0.15) is 0 Å². The van der Waals surface area contributed by atoms with Crippen molar-refractivity contribution in [3.63, 3.8) is 0 Å². The first-order valence-corrected chi connectivity index (χ1v) is 22.9. The third-order valence-electron chi connectivity index (χ3n) is 10.0. The molecule has 7 nitrogen and oxygen atoms in total. The van der Waals surface area contributed by atoms with E-state index in [1.165, 1.54) is 167 Å². The minimum Gasteiger partial charge on any atom is -0.441 e. The van der Waals surface area contributed by atoms with Crippen molar-refractivity contribution in [3.05, 3.63) is 24.3 Å². The molecule has 0 spiro atoms. The number of amides is 1. The third kappa shape index (κ3) is 41.6. The molecule has 314 valence electrons. The number of aliphatic hydroxyl groups excluding tert-OH is 1. The quantitative estimate of drug-likeness (QED) is 0.0477. The molecule has 53 heavy (non-hydrogen) atoms. The van der Waals surface area contributed by atoms with Crippen molar-refractivity contribution in [2.24, 2.45) is 0 Å². The largest absolute Gasteiger partial charge is 0.441 e. The number of unbranched alkanes of at least 4 members (excludes halogenated alkanes) is 24. The van der Waals surface area contributed by atoms with Crippen LogP contribution in [0.2, 0.25) is 0 Å². The Balaban J connectivity index is 4.07. The van der Waals surface area contributed by atoms with Crippen molar-refractivity contribution >= 4 is 6.09 Å². The number of hydrogen-bond acceptors (Lipinski definition) is 6. The first-order valence-electron chi connectivity index (χ1n) is 22.9. The van der Waals surface area contributed by atoms with E-state index in [1.807, 2.05) is 6.92 Å². The molecule has 0 aromatic carbocycles. The normalized spacial score (nSPS) is 12.0. The number of aliphatic hydroxyl groups is 1. The van der Waals surface area contributed by atoms with Gasteiger partial charge < -0.3 is 24.6 Å². The summed E-state index contributed by atoms with van der Waals surface area (Å²) in [4.78, 5) is 14.6. The molecule has 0 aliphatic rings. The molecule has 0 saturated heterocycles. The Morgan fingerprint density at radius 3 is 1.30 bits per heavy atom. The van der Waals surface area contributed by atoms with Gasteiger partial charge >= 0.3 is 6.09 Å². The lowest BCUT2D eigenvalue weighted by Crippen LogP contribution is -2.39. The third-order valence-corrected chi connectivity index (χ3v) is 10.0. The number of likely N-dealkylation sites (N-methyl/N-ethyl adjacent to an activating group) is 1. The molecule has 7 heteroatoms. The minimum atomic E-state index is -0.434. The number of allylic oxidation sites excluding steroid dienone is 4. The van der Waals surface area contributed by atoms with Crippen molar-refractivity contribution in [1.29, 1.82) is 0 Å². The van der Waals surface area contributed by atoms with Gasteiger partial charge in [0.25, 0.3) is 0 Å². The average Bonchev–Trinajstić information content (AvgIpc) is 3.16. The summed E-state index contributed by atoms with van der Waals surface area (Å²) in [5.74, 6) is 0. The SMILES string of the molecule is CCCCCCCC/C=C\CCCCCCCCOCC(COCCCCCCCC/C=C\CCCCCCCC)OC(=O)NCCN(CC)CCO. The van der Waals surface area contributed by atoms with Gasteiger partial charge in [0.2, 0.25) is 0 Å². The molecule has 2 N–H and O–H groups in total. The van der Waals surface area contributed by atoms with Crippen LogP contribution in [0.1, 0.15) is 201 Å². The van der Waals surface area contributed by atoms with E-state index in [1.54, 1.807) is 0 Å². The van der Waals surface area contributed by atoms with Crippen LogP contribution in [0.5, 0.6) is 0 Å². The highest BCUT2D eigenvalue weighted by Crippen LogP contribution is 2.12. The van der Waals surface area contributed by atoms with E-state index in [-0.39, 0.29) is 6.61 Å². The van der Waals surface area contributed by atoms with Gasteiger partial charge in [-0.1, -0.05) is 161 Å². The van der Waals surface area contributed by atoms with Crippen LogP contribution in [0, 0.1) is 0 Å². The van der Waals surface area contributed by atoms with E-state index < -0.39 is 12.2 Å². The van der Waals surface area contributed by atoms with Gasteiger partial charge in [-0.2, -0.15) is 0 Å². The molecular weight excluding hydrogens is 661 g/mol. The summed E-state index contributed by atoms with van der Waals surface area (Å²) in [6.07, 6.45) is 44.8. The highest BCUT2D eigenvalue weighted by Gasteiger charge is 2.15. The highest BCUT2D eigenvalue weighted by molar-refractivity contribution is 5.67. The summed E-state index contributed by atoms with van der Waals surface area (Å²) in [5.41, 5.74) is 0. The van der Waals surface area contributed by atoms with Crippen molar-refractivity contribution in [2.45, 2.75) is 207 Å². The second kappa shape index (κ2) is 45.0. The Morgan fingerprint density at radius 1 is 0.547 bits per heavy atom. The molecule has 0 unspecified atom stereocenters. The van der Waals surface area contributed by atoms with Gasteiger partial charge in [0.05, 0.1) is 19.8 Å². The van der Waals surface area contributed by atoms with Gasteiger partial charge in [0.15, 0.2) is 6.10 Å². The summed E-state index contributed by atoms with van der Waals surface area (Å²) in [5, 5.41) is 12.1. The van der Waals surface area contributed by atoms with Crippen LogP contribution in [0.25, 0.3) is 0 Å². The second-order valence-electron chi connectivity index (χ2n) is 15.1. The van der Waals surface area contributed by atoms with Crippen LogP contribution in [-0.4, -0.2) is 81.4 Å². The molecular formula is C46H90N2O5. The summed E-state index contributed by atoms with van der Waals surface area (Å²) < 4.78 is 17.6. The molecule has 0 aromatic rings. The molecule has 0 aliphatic heterocycles. The standard InChI is InChI=1S/C46H90N2O5/c1-4-7-9-11-13-15-17-19-21-23-25-27-29-31-33-35-41-51-43-45(53-46(50)47-37-38-48(6-3)39-40-49)44-52-42-36-34-32-30-28-26-24-22-20-18-16-14-12-10-8-5-2/h19-22,45,49H,4-18,23-44H2,1-3H3,(H,47,50)/b21-19-,22-20-. The molecule has 0 aromatic heterocycles. The Bertz CT molecular complexity index is 731.